The highest BCUT2D eigenvalue weighted by molar-refractivity contribution is 7.80. The molecule has 0 heterocycles. The van der Waals surface area contributed by atoms with E-state index in [-0.39, 0.29) is 0 Å². The summed E-state index contributed by atoms with van der Waals surface area (Å²) in [5, 5.41) is 8.56. The number of rotatable bonds is 7. The molecule has 0 saturated heterocycles. The van der Waals surface area contributed by atoms with Crippen molar-refractivity contribution in [1.82, 2.24) is 5.12 Å². The van der Waals surface area contributed by atoms with Crippen LogP contribution in [0.2, 0.25) is 0 Å². The van der Waals surface area contributed by atoms with E-state index in [0.717, 1.165) is 27.8 Å². The minimum atomic E-state index is 0.295. The van der Waals surface area contributed by atoms with Crippen LogP contribution in [0, 0.1) is 0 Å². The summed E-state index contributed by atoms with van der Waals surface area (Å²) < 4.78 is 5.76. The van der Waals surface area contributed by atoms with Crippen LogP contribution in [-0.4, -0.2) is 18.0 Å². The minimum Gasteiger partial charge on any atom is -0.462 e. The standard InChI is InChI=1S/C20H25N5OS.C2H6/c1-4-5-6-14(2)26-16-9-7-15(8-10-16)23-19-12-11-17(27)13-18(19)20(21)24-25(3)22;1-2/h4-13,23,27H,22H2,1-3H3,(H2,21,24);1-2H3/b5-4-,14-6+;. The summed E-state index contributed by atoms with van der Waals surface area (Å²) in [6.07, 6.45) is 5.79. The Hall–Kier alpha value is -2.90. The first-order chi connectivity index (χ1) is 13.9. The highest BCUT2D eigenvalue weighted by atomic mass is 32.1. The molecule has 0 bridgehead atoms. The Morgan fingerprint density at radius 1 is 1.17 bits per heavy atom. The van der Waals surface area contributed by atoms with Crippen LogP contribution >= 0.6 is 12.6 Å². The predicted octanol–water partition coefficient (Wildman–Crippen LogP) is 5.03. The van der Waals surface area contributed by atoms with Crippen molar-refractivity contribution < 1.29 is 4.74 Å². The van der Waals surface area contributed by atoms with Gasteiger partial charge in [0.05, 0.1) is 0 Å². The van der Waals surface area contributed by atoms with Gasteiger partial charge >= 0.3 is 0 Å². The zero-order valence-electron chi connectivity index (χ0n) is 17.7. The number of anilines is 2. The van der Waals surface area contributed by atoms with Gasteiger partial charge < -0.3 is 15.8 Å². The van der Waals surface area contributed by atoms with Gasteiger partial charge in [-0.1, -0.05) is 26.0 Å². The van der Waals surface area contributed by atoms with E-state index in [1.807, 2.05) is 88.4 Å². The second-order valence-electron chi connectivity index (χ2n) is 5.84. The zero-order chi connectivity index (χ0) is 21.8. The molecule has 0 unspecified atom stereocenters. The average molecular weight is 414 g/mol. The second-order valence-corrected chi connectivity index (χ2v) is 6.36. The summed E-state index contributed by atoms with van der Waals surface area (Å²) in [5.41, 5.74) is 8.46. The van der Waals surface area contributed by atoms with Crippen LogP contribution in [0.5, 0.6) is 5.75 Å². The zero-order valence-corrected chi connectivity index (χ0v) is 18.6. The molecule has 7 heteroatoms. The lowest BCUT2D eigenvalue weighted by molar-refractivity contribution is 0.371. The molecular weight excluding hydrogens is 382 g/mol. The third-order valence-electron chi connectivity index (χ3n) is 3.48. The van der Waals surface area contributed by atoms with Crippen molar-refractivity contribution in [3.63, 3.8) is 0 Å². The summed E-state index contributed by atoms with van der Waals surface area (Å²) >= 11 is 4.37. The van der Waals surface area contributed by atoms with Gasteiger partial charge in [-0.15, -0.1) is 17.7 Å². The van der Waals surface area contributed by atoms with E-state index in [4.69, 9.17) is 16.3 Å². The summed E-state index contributed by atoms with van der Waals surface area (Å²) in [6.45, 7) is 7.87. The number of nitrogens with one attached hydrogen (secondary N) is 1. The Balaban J connectivity index is 0.00000204. The smallest absolute Gasteiger partial charge is 0.154 e. The van der Waals surface area contributed by atoms with E-state index in [9.17, 15) is 0 Å². The molecule has 0 saturated carbocycles. The van der Waals surface area contributed by atoms with Crippen molar-refractivity contribution in [1.29, 1.82) is 0 Å². The van der Waals surface area contributed by atoms with Gasteiger partial charge in [-0.2, -0.15) is 0 Å². The lowest BCUT2D eigenvalue weighted by Crippen LogP contribution is -2.26. The van der Waals surface area contributed by atoms with Crippen LogP contribution in [0.1, 0.15) is 33.3 Å². The third-order valence-corrected chi connectivity index (χ3v) is 3.76. The summed E-state index contributed by atoms with van der Waals surface area (Å²) in [5.74, 6) is 7.43. The highest BCUT2D eigenvalue weighted by Gasteiger charge is 2.09. The molecule has 2 aromatic rings. The Morgan fingerprint density at radius 3 is 2.41 bits per heavy atom. The number of ether oxygens (including phenoxy) is 1. The minimum absolute atomic E-state index is 0.295. The van der Waals surface area contributed by atoms with Crippen LogP contribution in [0.25, 0.3) is 0 Å². The molecule has 156 valence electrons. The van der Waals surface area contributed by atoms with Crippen molar-refractivity contribution in [2.45, 2.75) is 32.6 Å². The highest BCUT2D eigenvalue weighted by Crippen LogP contribution is 2.25. The van der Waals surface area contributed by atoms with Gasteiger partial charge in [-0.25, -0.2) is 11.0 Å². The van der Waals surface area contributed by atoms with Gasteiger partial charge in [-0.3, -0.25) is 0 Å². The van der Waals surface area contributed by atoms with Crippen molar-refractivity contribution in [2.75, 3.05) is 12.4 Å². The summed E-state index contributed by atoms with van der Waals surface area (Å²) in [7, 11) is 1.61. The first-order valence-corrected chi connectivity index (χ1v) is 9.84. The van der Waals surface area contributed by atoms with Gasteiger partial charge in [-0.05, 0) is 62.4 Å². The number of nitrogens with two attached hydrogens (primary N) is 2. The maximum atomic E-state index is 6.06. The molecule has 0 aliphatic carbocycles. The molecule has 0 radical (unpaired) electrons. The van der Waals surface area contributed by atoms with E-state index in [0.29, 0.717) is 11.4 Å². The van der Waals surface area contributed by atoms with Crippen molar-refractivity contribution >= 4 is 29.8 Å². The molecule has 0 aliphatic heterocycles. The van der Waals surface area contributed by atoms with Crippen LogP contribution in [0.3, 0.4) is 0 Å². The number of hydrogen-bond acceptors (Lipinski definition) is 6. The molecule has 0 aromatic heterocycles. The molecule has 0 amide bonds. The van der Waals surface area contributed by atoms with Crippen molar-refractivity contribution in [3.05, 3.63) is 72.0 Å². The topological polar surface area (TPSA) is 88.9 Å². The molecule has 0 atom stereocenters. The Bertz CT molecular complexity index is 858. The molecule has 6 nitrogen and oxygen atoms in total. The van der Waals surface area contributed by atoms with Crippen molar-refractivity contribution in [2.24, 2.45) is 16.7 Å². The van der Waals surface area contributed by atoms with E-state index in [2.05, 4.69) is 23.0 Å². The first kappa shape index (κ1) is 24.1. The molecule has 0 fully saturated rings. The molecule has 0 spiro atoms. The average Bonchev–Trinajstić information content (AvgIpc) is 2.70. The van der Waals surface area contributed by atoms with E-state index >= 15 is 0 Å². The fraction of sp³-hybridized carbons (Fsp3) is 0.227. The van der Waals surface area contributed by atoms with E-state index in [1.165, 1.54) is 5.12 Å². The Labute approximate surface area is 179 Å². The number of hydrogen-bond donors (Lipinski definition) is 4. The first-order valence-electron chi connectivity index (χ1n) is 9.39. The number of nitrogens with zero attached hydrogens (tertiary/aromatic N) is 2. The van der Waals surface area contributed by atoms with Gasteiger partial charge in [0.1, 0.15) is 11.5 Å². The predicted molar refractivity (Wildman–Crippen MR) is 127 cm³/mol. The maximum Gasteiger partial charge on any atom is 0.154 e. The van der Waals surface area contributed by atoms with Gasteiger partial charge in [0.15, 0.2) is 5.84 Å². The maximum absolute atomic E-state index is 6.06. The van der Waals surface area contributed by atoms with Gasteiger partial charge in [0, 0.05) is 28.9 Å². The molecule has 2 aromatic carbocycles. The molecule has 29 heavy (non-hydrogen) atoms. The fourth-order valence-electron chi connectivity index (χ4n) is 2.29. The number of amidine groups is 1. The third kappa shape index (κ3) is 8.33. The van der Waals surface area contributed by atoms with Gasteiger partial charge in [0.2, 0.25) is 0 Å². The number of benzene rings is 2. The number of hydrazine groups is 1. The van der Waals surface area contributed by atoms with E-state index < -0.39 is 0 Å². The van der Waals surface area contributed by atoms with Crippen molar-refractivity contribution in [3.8, 4) is 5.75 Å². The lowest BCUT2D eigenvalue weighted by atomic mass is 10.1. The Morgan fingerprint density at radius 2 is 1.83 bits per heavy atom. The summed E-state index contributed by atoms with van der Waals surface area (Å²) in [4.78, 5) is 0.778. The van der Waals surface area contributed by atoms with E-state index in [1.54, 1.807) is 7.05 Å². The number of thiol groups is 1. The molecule has 0 aliphatic rings. The largest absolute Gasteiger partial charge is 0.462 e. The molecule has 5 N–H and O–H groups in total. The molecule has 2 rings (SSSR count). The van der Waals surface area contributed by atoms with Crippen LogP contribution in [0.15, 0.2) is 76.4 Å². The van der Waals surface area contributed by atoms with Crippen LogP contribution in [0.4, 0.5) is 11.4 Å². The second kappa shape index (κ2) is 12.5. The summed E-state index contributed by atoms with van der Waals surface area (Å²) in [6, 6.07) is 13.3. The number of allylic oxidation sites excluding steroid dienone is 4. The van der Waals surface area contributed by atoms with Gasteiger partial charge in [0.25, 0.3) is 0 Å². The normalized spacial score (nSPS) is 11.7. The SMILES string of the molecule is C/C=C\C=C(/C)Oc1ccc(Nc2ccc(S)cc2/C(N)=N/N(C)N)cc1.CC. The molecular formula is C22H31N5OS. The monoisotopic (exact) mass is 413 g/mol. The fourth-order valence-corrected chi connectivity index (χ4v) is 2.49. The van der Waals surface area contributed by atoms with Crippen LogP contribution in [-0.2, 0) is 0 Å². The van der Waals surface area contributed by atoms with Crippen LogP contribution < -0.4 is 21.6 Å². The lowest BCUT2D eigenvalue weighted by Gasteiger charge is -2.14. The Kier molecular flexibility index (Phi) is 10.4. The quantitative estimate of drug-likeness (QED) is 0.0972. The number of hydrazone groups is 1.